The predicted octanol–water partition coefficient (Wildman–Crippen LogP) is 5.44. The van der Waals surface area contributed by atoms with E-state index in [1.165, 1.54) is 24.4 Å². The second-order valence-corrected chi connectivity index (χ2v) is 10.7. The van der Waals surface area contributed by atoms with Gasteiger partial charge in [-0.1, -0.05) is 56.5 Å². The summed E-state index contributed by atoms with van der Waals surface area (Å²) in [5.74, 6) is 6.57. The molecule has 1 aromatic heterocycles. The SMILES string of the molecule is CCCCC(=NC1(C)CCCC1)N(C=O)Cc1ccc(-c2cc(-c3ccsn3)ccc2/C(N)=N/NN)cc1. The van der Waals surface area contributed by atoms with E-state index in [4.69, 9.17) is 16.6 Å². The maximum absolute atomic E-state index is 12.2. The van der Waals surface area contributed by atoms with Crippen LogP contribution in [0.4, 0.5) is 0 Å². The van der Waals surface area contributed by atoms with Crippen molar-refractivity contribution in [3.8, 4) is 22.4 Å². The van der Waals surface area contributed by atoms with Gasteiger partial charge < -0.3 is 5.73 Å². The standard InChI is InChI=1S/C29H37N7OS/c1-3-4-7-27(32-29(2)15-5-6-16-29)36(20-37)19-21-8-10-22(11-9-21)25-18-23(26-14-17-38-34-26)12-13-24(25)28(30)33-35-31/h8-14,17-18,20,35H,3-7,15-16,19,31H2,1-2H3,(H2,30,33). The fourth-order valence-corrected chi connectivity index (χ4v) is 5.52. The Morgan fingerprint density at radius 3 is 2.53 bits per heavy atom. The van der Waals surface area contributed by atoms with Crippen LogP contribution in [0.1, 0.15) is 69.9 Å². The number of aliphatic imine (C=N–C) groups is 1. The van der Waals surface area contributed by atoms with Gasteiger partial charge in [-0.25, -0.2) is 11.4 Å². The summed E-state index contributed by atoms with van der Waals surface area (Å²) >= 11 is 1.41. The number of hydrazone groups is 1. The monoisotopic (exact) mass is 531 g/mol. The van der Waals surface area contributed by atoms with Crippen molar-refractivity contribution < 1.29 is 4.79 Å². The molecular weight excluding hydrogens is 494 g/mol. The van der Waals surface area contributed by atoms with E-state index < -0.39 is 0 Å². The van der Waals surface area contributed by atoms with Crippen molar-refractivity contribution in [1.29, 1.82) is 0 Å². The van der Waals surface area contributed by atoms with Crippen LogP contribution in [-0.4, -0.2) is 32.9 Å². The van der Waals surface area contributed by atoms with E-state index in [2.05, 4.69) is 34.9 Å². The number of hydrogen-bond donors (Lipinski definition) is 3. The topological polar surface area (TPSA) is 122 Å². The number of nitrogens with one attached hydrogen (secondary N) is 1. The van der Waals surface area contributed by atoms with Crippen molar-refractivity contribution in [3.05, 3.63) is 65.0 Å². The molecule has 0 atom stereocenters. The summed E-state index contributed by atoms with van der Waals surface area (Å²) in [6.45, 7) is 4.86. The molecule has 1 amide bonds. The number of amides is 1. The predicted molar refractivity (Wildman–Crippen MR) is 156 cm³/mol. The van der Waals surface area contributed by atoms with Crippen LogP contribution in [0.5, 0.6) is 0 Å². The van der Waals surface area contributed by atoms with E-state index in [0.29, 0.717) is 12.4 Å². The van der Waals surface area contributed by atoms with E-state index in [1.807, 2.05) is 47.8 Å². The van der Waals surface area contributed by atoms with Crippen molar-refractivity contribution in [2.24, 2.45) is 21.7 Å². The number of aromatic nitrogens is 1. The summed E-state index contributed by atoms with van der Waals surface area (Å²) in [4.78, 5) is 19.1. The van der Waals surface area contributed by atoms with E-state index >= 15 is 0 Å². The molecule has 5 N–H and O–H groups in total. The number of carbonyl (C=O) groups excluding carboxylic acids is 1. The molecule has 0 bridgehead atoms. The van der Waals surface area contributed by atoms with Crippen LogP contribution in [0.3, 0.4) is 0 Å². The van der Waals surface area contributed by atoms with Crippen molar-refractivity contribution in [2.45, 2.75) is 70.9 Å². The minimum atomic E-state index is -0.0627. The fraction of sp³-hybridized carbons (Fsp3) is 0.379. The quantitative estimate of drug-likeness (QED) is 0.1000. The molecule has 9 heteroatoms. The van der Waals surface area contributed by atoms with Gasteiger partial charge in [-0.3, -0.25) is 14.7 Å². The molecular formula is C29H37N7OS. The third kappa shape index (κ3) is 6.65. The first-order chi connectivity index (χ1) is 18.5. The highest BCUT2D eigenvalue weighted by Crippen LogP contribution is 2.34. The molecule has 4 rings (SSSR count). The molecule has 38 heavy (non-hydrogen) atoms. The van der Waals surface area contributed by atoms with Crippen LogP contribution < -0.4 is 17.1 Å². The van der Waals surface area contributed by atoms with Crippen molar-refractivity contribution in [3.63, 3.8) is 0 Å². The number of hydrazine groups is 1. The fourth-order valence-electron chi connectivity index (χ4n) is 4.99. The van der Waals surface area contributed by atoms with Gasteiger partial charge in [-0.2, -0.15) is 4.37 Å². The van der Waals surface area contributed by atoms with Gasteiger partial charge in [0.15, 0.2) is 5.84 Å². The Kier molecular flexibility index (Phi) is 9.25. The lowest BCUT2D eigenvalue weighted by Crippen LogP contribution is -2.32. The zero-order chi connectivity index (χ0) is 27.0. The molecule has 1 heterocycles. The highest BCUT2D eigenvalue weighted by Gasteiger charge is 2.29. The Morgan fingerprint density at radius 1 is 1.16 bits per heavy atom. The van der Waals surface area contributed by atoms with Crippen LogP contribution in [-0.2, 0) is 11.3 Å². The summed E-state index contributed by atoms with van der Waals surface area (Å²) in [6.07, 6.45) is 8.37. The first-order valence-electron chi connectivity index (χ1n) is 13.2. The number of carbonyl (C=O) groups is 1. The number of rotatable bonds is 11. The molecule has 200 valence electrons. The first-order valence-corrected chi connectivity index (χ1v) is 14.0. The van der Waals surface area contributed by atoms with Gasteiger partial charge in [0.05, 0.1) is 17.8 Å². The van der Waals surface area contributed by atoms with Gasteiger partial charge in [0.1, 0.15) is 5.84 Å². The Hall–Kier alpha value is -3.56. The Morgan fingerprint density at radius 2 is 1.89 bits per heavy atom. The molecule has 2 aromatic carbocycles. The molecule has 0 aliphatic heterocycles. The molecule has 0 radical (unpaired) electrons. The largest absolute Gasteiger partial charge is 0.382 e. The lowest BCUT2D eigenvalue weighted by Gasteiger charge is -2.26. The highest BCUT2D eigenvalue weighted by atomic mass is 32.1. The molecule has 1 fully saturated rings. The van der Waals surface area contributed by atoms with E-state index in [9.17, 15) is 4.79 Å². The van der Waals surface area contributed by atoms with Crippen molar-refractivity contribution in [1.82, 2.24) is 14.8 Å². The zero-order valence-electron chi connectivity index (χ0n) is 22.2. The van der Waals surface area contributed by atoms with Gasteiger partial charge in [-0.05, 0) is 72.6 Å². The number of benzene rings is 2. The van der Waals surface area contributed by atoms with Crippen LogP contribution in [0.2, 0.25) is 0 Å². The summed E-state index contributed by atoms with van der Waals surface area (Å²) in [5.41, 5.74) is 14.0. The van der Waals surface area contributed by atoms with Gasteiger partial charge in [0, 0.05) is 22.9 Å². The number of nitrogens with two attached hydrogens (primary N) is 2. The van der Waals surface area contributed by atoms with Crippen molar-refractivity contribution >= 4 is 29.6 Å². The zero-order valence-corrected chi connectivity index (χ0v) is 23.0. The Bertz CT molecular complexity index is 1260. The summed E-state index contributed by atoms with van der Waals surface area (Å²) < 4.78 is 4.47. The molecule has 1 aliphatic rings. The van der Waals surface area contributed by atoms with Gasteiger partial charge in [0.25, 0.3) is 0 Å². The molecule has 0 spiro atoms. The Balaban J connectivity index is 1.62. The molecule has 0 unspecified atom stereocenters. The summed E-state index contributed by atoms with van der Waals surface area (Å²) in [7, 11) is 0. The van der Waals surface area contributed by atoms with Crippen LogP contribution in [0.15, 0.2) is 64.0 Å². The minimum absolute atomic E-state index is 0.0627. The minimum Gasteiger partial charge on any atom is -0.382 e. The number of amidine groups is 2. The second-order valence-electron chi connectivity index (χ2n) is 10.0. The third-order valence-corrected chi connectivity index (χ3v) is 7.68. The molecule has 0 saturated heterocycles. The maximum Gasteiger partial charge on any atom is 0.215 e. The average Bonchev–Trinajstić information content (AvgIpc) is 3.62. The third-order valence-electron chi connectivity index (χ3n) is 7.12. The normalized spacial score (nSPS) is 15.4. The van der Waals surface area contributed by atoms with Gasteiger partial charge in [-0.15, -0.1) is 5.10 Å². The van der Waals surface area contributed by atoms with Crippen LogP contribution >= 0.6 is 11.5 Å². The number of unbranched alkanes of at least 4 members (excludes halogenated alkanes) is 1. The van der Waals surface area contributed by atoms with E-state index in [1.54, 1.807) is 4.90 Å². The molecule has 1 aliphatic carbocycles. The van der Waals surface area contributed by atoms with E-state index in [-0.39, 0.29) is 5.54 Å². The molecule has 1 saturated carbocycles. The van der Waals surface area contributed by atoms with E-state index in [0.717, 1.165) is 77.9 Å². The number of nitrogens with zero attached hydrogens (tertiary/aromatic N) is 4. The highest BCUT2D eigenvalue weighted by molar-refractivity contribution is 7.03. The van der Waals surface area contributed by atoms with Crippen molar-refractivity contribution in [2.75, 3.05) is 0 Å². The number of hydrogen-bond acceptors (Lipinski definition) is 7. The van der Waals surface area contributed by atoms with Crippen LogP contribution in [0, 0.1) is 0 Å². The lowest BCUT2D eigenvalue weighted by atomic mass is 9.95. The smallest absolute Gasteiger partial charge is 0.215 e. The summed E-state index contributed by atoms with van der Waals surface area (Å²) in [5, 5.41) is 5.94. The van der Waals surface area contributed by atoms with Gasteiger partial charge >= 0.3 is 0 Å². The summed E-state index contributed by atoms with van der Waals surface area (Å²) in [6, 6.07) is 16.2. The second kappa shape index (κ2) is 12.8. The maximum atomic E-state index is 12.2. The molecule has 3 aromatic rings. The first kappa shape index (κ1) is 27.5. The molecule has 8 nitrogen and oxygen atoms in total. The lowest BCUT2D eigenvalue weighted by molar-refractivity contribution is -0.115. The average molecular weight is 532 g/mol. The Labute approximate surface area is 229 Å². The van der Waals surface area contributed by atoms with Crippen LogP contribution in [0.25, 0.3) is 22.4 Å². The van der Waals surface area contributed by atoms with Gasteiger partial charge in [0.2, 0.25) is 6.41 Å².